The number of aryl methyl sites for hydroxylation is 1. The molecule has 0 radical (unpaired) electrons. The Balaban J connectivity index is 1.51. The van der Waals surface area contributed by atoms with Gasteiger partial charge in [0.15, 0.2) is 0 Å². The molecule has 3 heterocycles. The number of aromatic nitrogens is 1. The summed E-state index contributed by atoms with van der Waals surface area (Å²) in [4.78, 5) is 33.5. The molecule has 2 amide bonds. The fourth-order valence-electron chi connectivity index (χ4n) is 4.34. The van der Waals surface area contributed by atoms with Crippen LogP contribution in [0.1, 0.15) is 26.4 Å². The number of rotatable bonds is 3. The van der Waals surface area contributed by atoms with Gasteiger partial charge in [-0.1, -0.05) is 24.3 Å². The van der Waals surface area contributed by atoms with Crippen molar-refractivity contribution in [1.29, 1.82) is 0 Å². The highest BCUT2D eigenvalue weighted by atomic mass is 16.3. The number of nitrogens with zero attached hydrogens (tertiary/aromatic N) is 3. The Hall–Kier alpha value is -2.73. The second-order valence-corrected chi connectivity index (χ2v) is 7.62. The van der Waals surface area contributed by atoms with E-state index in [1.807, 2.05) is 54.3 Å². The van der Waals surface area contributed by atoms with Crippen LogP contribution in [0.5, 0.6) is 0 Å². The summed E-state index contributed by atoms with van der Waals surface area (Å²) in [5.74, 6) is -0.0457. The van der Waals surface area contributed by atoms with E-state index in [4.69, 9.17) is 0 Å². The van der Waals surface area contributed by atoms with Crippen molar-refractivity contribution in [3.05, 3.63) is 65.5 Å². The van der Waals surface area contributed by atoms with Gasteiger partial charge in [-0.2, -0.15) is 0 Å². The third kappa shape index (κ3) is 3.00. The Kier molecular flexibility index (Phi) is 4.44. The maximum atomic E-state index is 12.9. The molecule has 2 aliphatic rings. The maximum absolute atomic E-state index is 12.9. The summed E-state index contributed by atoms with van der Waals surface area (Å²) in [6, 6.07) is 12.9. The summed E-state index contributed by atoms with van der Waals surface area (Å²) in [5.41, 5.74) is 1.51. The molecule has 0 saturated carbocycles. The van der Waals surface area contributed by atoms with Crippen molar-refractivity contribution in [1.82, 2.24) is 14.8 Å². The Morgan fingerprint density at radius 2 is 1.74 bits per heavy atom. The average Bonchev–Trinajstić information content (AvgIpc) is 3.23. The van der Waals surface area contributed by atoms with E-state index in [1.54, 1.807) is 11.1 Å². The van der Waals surface area contributed by atoms with Gasteiger partial charge in [0.2, 0.25) is 0 Å². The van der Waals surface area contributed by atoms with Gasteiger partial charge in [0.1, 0.15) is 5.69 Å². The molecule has 2 aliphatic heterocycles. The highest BCUT2D eigenvalue weighted by molar-refractivity contribution is 5.95. The van der Waals surface area contributed by atoms with Gasteiger partial charge in [-0.25, -0.2) is 0 Å². The molecule has 2 aromatic rings. The molecule has 0 unspecified atom stereocenters. The number of hydrogen-bond acceptors (Lipinski definition) is 4. The highest BCUT2D eigenvalue weighted by Gasteiger charge is 2.54. The number of carbonyl (C=O) groups is 2. The summed E-state index contributed by atoms with van der Waals surface area (Å²) in [6.45, 7) is 3.84. The summed E-state index contributed by atoms with van der Waals surface area (Å²) in [6.07, 6.45) is 1.62. The third-order valence-corrected chi connectivity index (χ3v) is 5.88. The minimum Gasteiger partial charge on any atom is -0.396 e. The van der Waals surface area contributed by atoms with E-state index in [1.165, 1.54) is 0 Å². The SMILES string of the molecule is Cc1cccnc1C(=O)N1C[C@H]2CN(C(=O)c3ccccc3)C[C@@]2(CO)C1. The van der Waals surface area contributed by atoms with Crippen LogP contribution in [-0.2, 0) is 0 Å². The van der Waals surface area contributed by atoms with Crippen molar-refractivity contribution in [2.24, 2.45) is 11.3 Å². The van der Waals surface area contributed by atoms with E-state index in [9.17, 15) is 14.7 Å². The van der Waals surface area contributed by atoms with Crippen LogP contribution in [-0.4, -0.2) is 64.5 Å². The Labute approximate surface area is 158 Å². The number of aliphatic hydroxyl groups excluding tert-OH is 1. The number of benzene rings is 1. The molecular weight excluding hydrogens is 342 g/mol. The van der Waals surface area contributed by atoms with E-state index in [0.717, 1.165) is 5.56 Å². The van der Waals surface area contributed by atoms with Crippen LogP contribution >= 0.6 is 0 Å². The van der Waals surface area contributed by atoms with Crippen LogP contribution in [0.15, 0.2) is 48.7 Å². The quantitative estimate of drug-likeness (QED) is 0.897. The molecule has 1 aromatic heterocycles. The molecule has 0 spiro atoms. The van der Waals surface area contributed by atoms with E-state index >= 15 is 0 Å². The Bertz CT molecular complexity index is 870. The predicted molar refractivity (Wildman–Crippen MR) is 100 cm³/mol. The van der Waals surface area contributed by atoms with Crippen molar-refractivity contribution in [2.75, 3.05) is 32.8 Å². The van der Waals surface area contributed by atoms with Crippen molar-refractivity contribution >= 4 is 11.8 Å². The fourth-order valence-corrected chi connectivity index (χ4v) is 4.34. The maximum Gasteiger partial charge on any atom is 0.272 e. The molecule has 4 rings (SSSR count). The summed E-state index contributed by atoms with van der Waals surface area (Å²) >= 11 is 0. The van der Waals surface area contributed by atoms with Gasteiger partial charge in [0, 0.05) is 49.3 Å². The number of likely N-dealkylation sites (tertiary alicyclic amines) is 2. The molecule has 6 nitrogen and oxygen atoms in total. The first kappa shape index (κ1) is 17.7. The Morgan fingerprint density at radius 1 is 1.07 bits per heavy atom. The second-order valence-electron chi connectivity index (χ2n) is 7.62. The van der Waals surface area contributed by atoms with E-state index in [-0.39, 0.29) is 24.3 Å². The number of aliphatic hydroxyl groups is 1. The third-order valence-electron chi connectivity index (χ3n) is 5.88. The van der Waals surface area contributed by atoms with Gasteiger partial charge in [-0.05, 0) is 30.7 Å². The molecule has 27 heavy (non-hydrogen) atoms. The number of pyridine rings is 1. The van der Waals surface area contributed by atoms with Crippen LogP contribution in [0.2, 0.25) is 0 Å². The van der Waals surface area contributed by atoms with Crippen LogP contribution in [0, 0.1) is 18.3 Å². The van der Waals surface area contributed by atoms with Gasteiger partial charge < -0.3 is 14.9 Å². The Morgan fingerprint density at radius 3 is 2.33 bits per heavy atom. The second kappa shape index (κ2) is 6.78. The zero-order valence-corrected chi connectivity index (χ0v) is 15.3. The largest absolute Gasteiger partial charge is 0.396 e. The van der Waals surface area contributed by atoms with Crippen molar-refractivity contribution in [3.63, 3.8) is 0 Å². The lowest BCUT2D eigenvalue weighted by molar-refractivity contribution is 0.0663. The average molecular weight is 365 g/mol. The lowest BCUT2D eigenvalue weighted by Gasteiger charge is -2.27. The molecule has 0 aliphatic carbocycles. The van der Waals surface area contributed by atoms with Crippen molar-refractivity contribution in [3.8, 4) is 0 Å². The first-order valence-corrected chi connectivity index (χ1v) is 9.20. The monoisotopic (exact) mass is 365 g/mol. The minimum atomic E-state index is -0.456. The number of carbonyl (C=O) groups excluding carboxylic acids is 2. The molecule has 2 fully saturated rings. The predicted octanol–water partition coefficient (Wildman–Crippen LogP) is 1.60. The van der Waals surface area contributed by atoms with Gasteiger partial charge in [0.25, 0.3) is 11.8 Å². The highest BCUT2D eigenvalue weighted by Crippen LogP contribution is 2.43. The first-order chi connectivity index (χ1) is 13.0. The number of amides is 2. The summed E-state index contributed by atoms with van der Waals surface area (Å²) in [5, 5.41) is 10.1. The zero-order chi connectivity index (χ0) is 19.0. The fraction of sp³-hybridized carbons (Fsp3) is 0.381. The smallest absolute Gasteiger partial charge is 0.272 e. The minimum absolute atomic E-state index is 0.0173. The van der Waals surface area contributed by atoms with Crippen molar-refractivity contribution in [2.45, 2.75) is 6.92 Å². The van der Waals surface area contributed by atoms with Gasteiger partial charge in [-0.15, -0.1) is 0 Å². The van der Waals surface area contributed by atoms with Crippen LogP contribution in [0.3, 0.4) is 0 Å². The van der Waals surface area contributed by atoms with E-state index < -0.39 is 5.41 Å². The molecule has 2 saturated heterocycles. The lowest BCUT2D eigenvalue weighted by atomic mass is 9.82. The van der Waals surface area contributed by atoms with Gasteiger partial charge in [-0.3, -0.25) is 14.6 Å². The molecule has 1 aromatic carbocycles. The van der Waals surface area contributed by atoms with Gasteiger partial charge in [0.05, 0.1) is 6.61 Å². The normalized spacial score (nSPS) is 24.1. The molecular formula is C21H23N3O3. The van der Waals surface area contributed by atoms with E-state index in [2.05, 4.69) is 4.98 Å². The molecule has 0 bridgehead atoms. The van der Waals surface area contributed by atoms with E-state index in [0.29, 0.717) is 37.4 Å². The molecule has 2 atom stereocenters. The number of hydrogen-bond donors (Lipinski definition) is 1. The summed E-state index contributed by atoms with van der Waals surface area (Å²) in [7, 11) is 0. The van der Waals surface area contributed by atoms with Crippen molar-refractivity contribution < 1.29 is 14.7 Å². The van der Waals surface area contributed by atoms with Gasteiger partial charge >= 0.3 is 0 Å². The number of fused-ring (bicyclic) bond motifs is 1. The summed E-state index contributed by atoms with van der Waals surface area (Å²) < 4.78 is 0. The zero-order valence-electron chi connectivity index (χ0n) is 15.3. The topological polar surface area (TPSA) is 73.7 Å². The molecule has 6 heteroatoms. The van der Waals surface area contributed by atoms with Crippen LogP contribution in [0.4, 0.5) is 0 Å². The molecule has 140 valence electrons. The van der Waals surface area contributed by atoms with Crippen LogP contribution in [0.25, 0.3) is 0 Å². The lowest BCUT2D eigenvalue weighted by Crippen LogP contribution is -2.40. The molecule has 1 N–H and O–H groups in total. The van der Waals surface area contributed by atoms with Crippen LogP contribution < -0.4 is 0 Å². The first-order valence-electron chi connectivity index (χ1n) is 9.20. The standard InChI is InChI=1S/C21H23N3O3/c1-15-6-5-9-22-18(15)20(27)24-11-17-10-23(12-21(17,13-24)14-25)19(26)16-7-3-2-4-8-16/h2-9,17,25H,10-14H2,1H3/t17-,21+/m1/s1.